The molecule has 2 aromatic carbocycles. The third-order valence-electron chi connectivity index (χ3n) is 3.60. The van der Waals surface area contributed by atoms with Crippen LogP contribution in [0.25, 0.3) is 0 Å². The molecule has 4 N–H and O–H groups in total. The van der Waals surface area contributed by atoms with Gasteiger partial charge in [-0.25, -0.2) is 0 Å². The van der Waals surface area contributed by atoms with Gasteiger partial charge in [0.2, 0.25) is 11.8 Å². The first-order valence-corrected chi connectivity index (χ1v) is 9.99. The summed E-state index contributed by atoms with van der Waals surface area (Å²) in [7, 11) is 0. The second-order valence-electron chi connectivity index (χ2n) is 5.76. The zero-order valence-electron chi connectivity index (χ0n) is 14.8. The topological polar surface area (TPSA) is 101 Å². The second kappa shape index (κ2) is 10.1. The van der Waals surface area contributed by atoms with Gasteiger partial charge in [-0.15, -0.1) is 11.8 Å². The smallest absolute Gasteiger partial charge is 0.253 e. The summed E-state index contributed by atoms with van der Waals surface area (Å²) in [4.78, 5) is 36.4. The maximum absolute atomic E-state index is 12.3. The van der Waals surface area contributed by atoms with Gasteiger partial charge in [0.1, 0.15) is 0 Å². The summed E-state index contributed by atoms with van der Waals surface area (Å²) < 4.78 is 0.991. The van der Waals surface area contributed by atoms with Crippen molar-refractivity contribution in [3.8, 4) is 0 Å². The molecule has 8 heteroatoms. The van der Waals surface area contributed by atoms with Crippen molar-refractivity contribution in [3.63, 3.8) is 0 Å². The molecule has 0 aliphatic heterocycles. The summed E-state index contributed by atoms with van der Waals surface area (Å²) >= 11 is 4.85. The van der Waals surface area contributed by atoms with E-state index in [1.54, 1.807) is 24.3 Å². The van der Waals surface area contributed by atoms with Crippen molar-refractivity contribution in [3.05, 3.63) is 58.1 Å². The lowest BCUT2D eigenvalue weighted by Crippen LogP contribution is -2.29. The predicted molar refractivity (Wildman–Crippen MR) is 111 cm³/mol. The van der Waals surface area contributed by atoms with Gasteiger partial charge in [0.25, 0.3) is 5.91 Å². The molecule has 2 aromatic rings. The molecule has 0 atom stereocenters. The normalized spacial score (nSPS) is 10.3. The van der Waals surface area contributed by atoms with Crippen LogP contribution in [-0.4, -0.2) is 30.0 Å². The highest BCUT2D eigenvalue weighted by molar-refractivity contribution is 9.10. The number of thioether (sulfide) groups is 1. The minimum Gasteiger partial charge on any atom is -0.370 e. The van der Waals surface area contributed by atoms with E-state index >= 15 is 0 Å². The lowest BCUT2D eigenvalue weighted by molar-refractivity contribution is -0.118. The average Bonchev–Trinajstić information content (AvgIpc) is 2.61. The second-order valence-corrected chi connectivity index (χ2v) is 7.70. The van der Waals surface area contributed by atoms with E-state index in [0.717, 1.165) is 14.9 Å². The molecule has 0 aliphatic carbocycles. The van der Waals surface area contributed by atoms with Gasteiger partial charge in [-0.05, 0) is 42.8 Å². The van der Waals surface area contributed by atoms with E-state index < -0.39 is 5.91 Å². The van der Waals surface area contributed by atoms with E-state index in [0.29, 0.717) is 11.3 Å². The Hall–Kier alpha value is -2.32. The van der Waals surface area contributed by atoms with Crippen molar-refractivity contribution in [1.29, 1.82) is 0 Å². The van der Waals surface area contributed by atoms with Crippen LogP contribution in [0.3, 0.4) is 0 Å². The molecule has 0 bridgehead atoms. The van der Waals surface area contributed by atoms with Gasteiger partial charge >= 0.3 is 0 Å². The fraction of sp³-hybridized carbons (Fsp3) is 0.211. The fourth-order valence-corrected chi connectivity index (χ4v) is 3.57. The Morgan fingerprint density at radius 2 is 1.89 bits per heavy atom. The number of para-hydroxylation sites is 1. The molecular formula is C19H20BrN3O3S. The number of aryl methyl sites for hydroxylation is 1. The van der Waals surface area contributed by atoms with Gasteiger partial charge in [-0.3, -0.25) is 14.4 Å². The highest BCUT2D eigenvalue weighted by Gasteiger charge is 2.13. The van der Waals surface area contributed by atoms with E-state index in [-0.39, 0.29) is 30.5 Å². The maximum Gasteiger partial charge on any atom is 0.253 e. The monoisotopic (exact) mass is 449 g/mol. The van der Waals surface area contributed by atoms with E-state index in [4.69, 9.17) is 5.73 Å². The Balaban J connectivity index is 1.97. The minimum atomic E-state index is -0.489. The van der Waals surface area contributed by atoms with Crippen LogP contribution in [-0.2, 0) is 9.59 Å². The molecule has 3 amide bonds. The van der Waals surface area contributed by atoms with Gasteiger partial charge < -0.3 is 16.4 Å². The van der Waals surface area contributed by atoms with Crippen molar-refractivity contribution in [2.75, 3.05) is 17.6 Å². The summed E-state index contributed by atoms with van der Waals surface area (Å²) in [5.74, 6) is -0.847. The van der Waals surface area contributed by atoms with E-state index in [1.807, 2.05) is 25.1 Å². The Kier molecular flexibility index (Phi) is 7.87. The molecule has 0 unspecified atom stereocenters. The van der Waals surface area contributed by atoms with Gasteiger partial charge in [0.15, 0.2) is 0 Å². The highest BCUT2D eigenvalue weighted by Crippen LogP contribution is 2.25. The van der Waals surface area contributed by atoms with Crippen LogP contribution in [0.2, 0.25) is 0 Å². The lowest BCUT2D eigenvalue weighted by Gasteiger charge is -2.11. The quantitative estimate of drug-likeness (QED) is 0.538. The van der Waals surface area contributed by atoms with Crippen LogP contribution in [0, 0.1) is 6.92 Å². The van der Waals surface area contributed by atoms with Gasteiger partial charge in [-0.1, -0.05) is 28.1 Å². The Bertz CT molecular complexity index is 858. The summed E-state index contributed by atoms with van der Waals surface area (Å²) in [6.07, 6.45) is 0.0590. The summed E-state index contributed by atoms with van der Waals surface area (Å²) in [5, 5.41) is 5.38. The molecule has 0 spiro atoms. The number of nitrogens with two attached hydrogens (primary N) is 1. The standard InChI is InChI=1S/C19H20BrN3O3S/c1-12-10-13(20)6-7-16(12)27-11-18(25)23-15-5-3-2-4-14(15)19(26)22-9-8-17(21)24/h2-7,10H,8-9,11H2,1H3,(H2,21,24)(H,22,26)(H,23,25). The number of hydrogen-bond donors (Lipinski definition) is 3. The number of rotatable bonds is 8. The molecule has 0 aliphatic rings. The van der Waals surface area contributed by atoms with E-state index in [1.165, 1.54) is 11.8 Å². The number of anilines is 1. The van der Waals surface area contributed by atoms with Crippen LogP contribution in [0.4, 0.5) is 5.69 Å². The molecule has 0 saturated carbocycles. The number of carbonyl (C=O) groups is 3. The SMILES string of the molecule is Cc1cc(Br)ccc1SCC(=O)Nc1ccccc1C(=O)NCCC(N)=O. The third kappa shape index (κ3) is 6.73. The number of nitrogens with one attached hydrogen (secondary N) is 2. The van der Waals surface area contributed by atoms with Crippen molar-refractivity contribution in [2.24, 2.45) is 5.73 Å². The molecule has 27 heavy (non-hydrogen) atoms. The first-order chi connectivity index (χ1) is 12.9. The number of carbonyl (C=O) groups excluding carboxylic acids is 3. The molecule has 2 rings (SSSR count). The average molecular weight is 450 g/mol. The highest BCUT2D eigenvalue weighted by atomic mass is 79.9. The molecule has 0 saturated heterocycles. The van der Waals surface area contributed by atoms with Crippen LogP contribution in [0.15, 0.2) is 51.8 Å². The molecule has 0 radical (unpaired) electrons. The van der Waals surface area contributed by atoms with Gasteiger partial charge in [0.05, 0.1) is 17.0 Å². The van der Waals surface area contributed by atoms with Gasteiger partial charge in [-0.2, -0.15) is 0 Å². The molecule has 142 valence electrons. The number of benzene rings is 2. The largest absolute Gasteiger partial charge is 0.370 e. The van der Waals surface area contributed by atoms with Crippen molar-refractivity contribution >= 4 is 51.1 Å². The Morgan fingerprint density at radius 3 is 2.59 bits per heavy atom. The van der Waals surface area contributed by atoms with Crippen molar-refractivity contribution in [1.82, 2.24) is 5.32 Å². The summed E-state index contributed by atoms with van der Waals surface area (Å²) in [5.41, 5.74) is 6.90. The molecule has 6 nitrogen and oxygen atoms in total. The van der Waals surface area contributed by atoms with E-state index in [2.05, 4.69) is 26.6 Å². The fourth-order valence-electron chi connectivity index (χ4n) is 2.29. The van der Waals surface area contributed by atoms with Crippen molar-refractivity contribution < 1.29 is 14.4 Å². The molecule has 0 heterocycles. The van der Waals surface area contributed by atoms with Crippen LogP contribution in [0.1, 0.15) is 22.3 Å². The summed E-state index contributed by atoms with van der Waals surface area (Å²) in [6.45, 7) is 2.13. The Morgan fingerprint density at radius 1 is 1.15 bits per heavy atom. The predicted octanol–water partition coefficient (Wildman–Crippen LogP) is 3.09. The van der Waals surface area contributed by atoms with Gasteiger partial charge in [0, 0.05) is 22.3 Å². The zero-order valence-corrected chi connectivity index (χ0v) is 17.2. The molecule has 0 fully saturated rings. The van der Waals surface area contributed by atoms with Crippen LogP contribution < -0.4 is 16.4 Å². The number of halogens is 1. The lowest BCUT2D eigenvalue weighted by atomic mass is 10.1. The van der Waals surface area contributed by atoms with Crippen molar-refractivity contribution in [2.45, 2.75) is 18.2 Å². The van der Waals surface area contributed by atoms with E-state index in [9.17, 15) is 14.4 Å². The number of hydrogen-bond acceptors (Lipinski definition) is 4. The minimum absolute atomic E-state index is 0.0590. The van der Waals surface area contributed by atoms with Crippen LogP contribution >= 0.6 is 27.7 Å². The number of amides is 3. The maximum atomic E-state index is 12.3. The Labute approximate surface area is 170 Å². The zero-order chi connectivity index (χ0) is 19.8. The first-order valence-electron chi connectivity index (χ1n) is 8.21. The first kappa shape index (κ1) is 21.0. The summed E-state index contributed by atoms with van der Waals surface area (Å²) in [6, 6.07) is 12.6. The third-order valence-corrected chi connectivity index (χ3v) is 5.27. The van der Waals surface area contributed by atoms with Crippen LogP contribution in [0.5, 0.6) is 0 Å². The molecule has 0 aromatic heterocycles. The molecular weight excluding hydrogens is 430 g/mol. The number of primary amides is 1.